The standard InChI is InChI=1S/C22H27FO2/c1-3-25-22(24)18-17-21(23)16-10-12-19(2)11-6-4-7-13-20-14-8-5-9-15-20/h5,8-9,11,14-16H,3-4,6,10,12,17-18H2,1-2H3/b19-11+,21-16-. The van der Waals surface area contributed by atoms with Gasteiger partial charge in [0.1, 0.15) is 0 Å². The smallest absolute Gasteiger partial charge is 0.306 e. The Balaban J connectivity index is 2.21. The maximum atomic E-state index is 13.6. The number of hydrogen-bond donors (Lipinski definition) is 0. The fourth-order valence-electron chi connectivity index (χ4n) is 2.19. The van der Waals surface area contributed by atoms with Crippen LogP contribution in [-0.2, 0) is 9.53 Å². The van der Waals surface area contributed by atoms with Gasteiger partial charge < -0.3 is 4.74 Å². The minimum absolute atomic E-state index is 0.102. The van der Waals surface area contributed by atoms with Crippen molar-refractivity contribution in [2.24, 2.45) is 0 Å². The summed E-state index contributed by atoms with van der Waals surface area (Å²) in [5.41, 5.74) is 2.27. The molecule has 0 bridgehead atoms. The van der Waals surface area contributed by atoms with E-state index in [-0.39, 0.29) is 24.6 Å². The summed E-state index contributed by atoms with van der Waals surface area (Å²) in [7, 11) is 0. The minimum Gasteiger partial charge on any atom is -0.466 e. The molecule has 3 heteroatoms. The predicted molar refractivity (Wildman–Crippen MR) is 101 cm³/mol. The maximum Gasteiger partial charge on any atom is 0.306 e. The summed E-state index contributed by atoms with van der Waals surface area (Å²) in [5.74, 6) is 5.70. The highest BCUT2D eigenvalue weighted by atomic mass is 19.1. The molecule has 1 aromatic rings. The van der Waals surface area contributed by atoms with E-state index in [1.807, 2.05) is 30.3 Å². The molecule has 0 unspecified atom stereocenters. The van der Waals surface area contributed by atoms with Crippen LogP contribution in [0.4, 0.5) is 4.39 Å². The molecule has 0 heterocycles. The SMILES string of the molecule is CCOC(=O)CC/C(F)=C/CC/C(C)=C/CCC#Cc1ccccc1. The lowest BCUT2D eigenvalue weighted by atomic mass is 10.1. The molecule has 0 amide bonds. The van der Waals surface area contributed by atoms with E-state index in [0.717, 1.165) is 24.8 Å². The van der Waals surface area contributed by atoms with Gasteiger partial charge in [-0.2, -0.15) is 0 Å². The molecule has 0 saturated heterocycles. The Bertz CT molecular complexity index is 633. The first-order chi connectivity index (χ1) is 12.1. The molecule has 0 radical (unpaired) electrons. The lowest BCUT2D eigenvalue weighted by Crippen LogP contribution is -2.03. The summed E-state index contributed by atoms with van der Waals surface area (Å²) in [5, 5.41) is 0. The van der Waals surface area contributed by atoms with Gasteiger partial charge in [-0.3, -0.25) is 4.79 Å². The number of esters is 1. The zero-order valence-corrected chi connectivity index (χ0v) is 15.2. The third-order valence-electron chi connectivity index (χ3n) is 3.55. The normalized spacial score (nSPS) is 11.6. The number of halogens is 1. The molecule has 1 aromatic carbocycles. The number of carbonyl (C=O) groups excluding carboxylic acids is 1. The largest absolute Gasteiger partial charge is 0.466 e. The predicted octanol–water partition coefficient (Wildman–Crippen LogP) is 5.74. The second-order valence-electron chi connectivity index (χ2n) is 5.75. The Labute approximate surface area is 150 Å². The van der Waals surface area contributed by atoms with Gasteiger partial charge in [0, 0.05) is 18.4 Å². The zero-order valence-electron chi connectivity index (χ0n) is 15.2. The van der Waals surface area contributed by atoms with E-state index in [4.69, 9.17) is 4.74 Å². The van der Waals surface area contributed by atoms with Gasteiger partial charge >= 0.3 is 5.97 Å². The van der Waals surface area contributed by atoms with Crippen LogP contribution in [0.3, 0.4) is 0 Å². The quantitative estimate of drug-likeness (QED) is 0.247. The van der Waals surface area contributed by atoms with E-state index < -0.39 is 0 Å². The van der Waals surface area contributed by atoms with Crippen molar-refractivity contribution in [3.63, 3.8) is 0 Å². The van der Waals surface area contributed by atoms with Crippen molar-refractivity contribution in [2.45, 2.75) is 52.4 Å². The van der Waals surface area contributed by atoms with E-state index in [1.165, 1.54) is 5.57 Å². The van der Waals surface area contributed by atoms with Crippen LogP contribution < -0.4 is 0 Å². The van der Waals surface area contributed by atoms with Gasteiger partial charge in [-0.1, -0.05) is 47.8 Å². The van der Waals surface area contributed by atoms with Gasteiger partial charge in [-0.25, -0.2) is 4.39 Å². The van der Waals surface area contributed by atoms with Crippen LogP contribution in [0.15, 0.2) is 53.9 Å². The number of carbonyl (C=O) groups is 1. The molecule has 0 fully saturated rings. The fraction of sp³-hybridized carbons (Fsp3) is 0.409. The minimum atomic E-state index is -0.348. The molecule has 0 N–H and O–H groups in total. The number of rotatable bonds is 9. The van der Waals surface area contributed by atoms with Gasteiger partial charge in [-0.05, 0) is 45.2 Å². The third-order valence-corrected chi connectivity index (χ3v) is 3.55. The first kappa shape index (κ1) is 20.7. The molecule has 1 rings (SSSR count). The number of ether oxygens (including phenoxy) is 1. The van der Waals surface area contributed by atoms with E-state index in [2.05, 4.69) is 24.8 Å². The van der Waals surface area contributed by atoms with Crippen molar-refractivity contribution < 1.29 is 13.9 Å². The molecular weight excluding hydrogens is 315 g/mol. The van der Waals surface area contributed by atoms with Crippen molar-refractivity contribution in [2.75, 3.05) is 6.61 Å². The maximum absolute atomic E-state index is 13.6. The number of allylic oxidation sites excluding steroid dienone is 4. The second kappa shape index (κ2) is 13.0. The van der Waals surface area contributed by atoms with Crippen LogP contribution in [-0.4, -0.2) is 12.6 Å². The zero-order chi connectivity index (χ0) is 18.3. The summed E-state index contributed by atoms with van der Waals surface area (Å²) >= 11 is 0. The number of hydrogen-bond acceptors (Lipinski definition) is 2. The topological polar surface area (TPSA) is 26.3 Å². The third kappa shape index (κ3) is 10.9. The average Bonchev–Trinajstić information content (AvgIpc) is 2.61. The summed E-state index contributed by atoms with van der Waals surface area (Å²) in [6.07, 6.45) is 7.12. The summed E-state index contributed by atoms with van der Waals surface area (Å²) in [4.78, 5) is 11.2. The molecule has 0 aliphatic carbocycles. The highest BCUT2D eigenvalue weighted by molar-refractivity contribution is 5.69. The Kier molecular flexibility index (Phi) is 10.8. The van der Waals surface area contributed by atoms with Crippen LogP contribution in [0.1, 0.15) is 57.9 Å². The van der Waals surface area contributed by atoms with E-state index in [1.54, 1.807) is 13.0 Å². The molecular formula is C22H27FO2. The Hall–Kier alpha value is -2.34. The number of benzene rings is 1. The van der Waals surface area contributed by atoms with Crippen molar-refractivity contribution in [3.8, 4) is 11.8 Å². The van der Waals surface area contributed by atoms with Crippen molar-refractivity contribution in [1.29, 1.82) is 0 Å². The summed E-state index contributed by atoms with van der Waals surface area (Å²) in [6, 6.07) is 9.93. The highest BCUT2D eigenvalue weighted by Crippen LogP contribution is 2.13. The molecule has 25 heavy (non-hydrogen) atoms. The van der Waals surface area contributed by atoms with Crippen LogP contribution >= 0.6 is 0 Å². The molecule has 2 nitrogen and oxygen atoms in total. The lowest BCUT2D eigenvalue weighted by molar-refractivity contribution is -0.143. The van der Waals surface area contributed by atoms with E-state index >= 15 is 0 Å². The van der Waals surface area contributed by atoms with Crippen molar-refractivity contribution in [3.05, 3.63) is 59.4 Å². The first-order valence-corrected chi connectivity index (χ1v) is 8.81. The molecule has 134 valence electrons. The monoisotopic (exact) mass is 342 g/mol. The Morgan fingerprint density at radius 3 is 2.60 bits per heavy atom. The van der Waals surface area contributed by atoms with Gasteiger partial charge in [0.15, 0.2) is 0 Å². The molecule has 0 saturated carbocycles. The van der Waals surface area contributed by atoms with Crippen LogP contribution in [0.2, 0.25) is 0 Å². The van der Waals surface area contributed by atoms with Gasteiger partial charge in [0.25, 0.3) is 0 Å². The van der Waals surface area contributed by atoms with E-state index in [9.17, 15) is 9.18 Å². The fourth-order valence-corrected chi connectivity index (χ4v) is 2.19. The number of unbranched alkanes of at least 4 members (excludes halogenated alkanes) is 1. The molecule has 0 aliphatic rings. The molecule has 0 aromatic heterocycles. The van der Waals surface area contributed by atoms with E-state index in [0.29, 0.717) is 13.0 Å². The molecule has 0 aliphatic heterocycles. The highest BCUT2D eigenvalue weighted by Gasteiger charge is 2.03. The summed E-state index contributed by atoms with van der Waals surface area (Å²) in [6.45, 7) is 4.13. The molecule has 0 atom stereocenters. The molecule has 0 spiro atoms. The van der Waals surface area contributed by atoms with Crippen molar-refractivity contribution >= 4 is 5.97 Å². The van der Waals surface area contributed by atoms with Crippen LogP contribution in [0.25, 0.3) is 0 Å². The van der Waals surface area contributed by atoms with Gasteiger partial charge in [0.2, 0.25) is 0 Å². The lowest BCUT2D eigenvalue weighted by Gasteiger charge is -2.01. The Morgan fingerprint density at radius 1 is 1.12 bits per heavy atom. The first-order valence-electron chi connectivity index (χ1n) is 8.81. The van der Waals surface area contributed by atoms with Crippen LogP contribution in [0.5, 0.6) is 0 Å². The second-order valence-corrected chi connectivity index (χ2v) is 5.75. The van der Waals surface area contributed by atoms with Crippen molar-refractivity contribution in [1.82, 2.24) is 0 Å². The average molecular weight is 342 g/mol. The Morgan fingerprint density at radius 2 is 1.88 bits per heavy atom. The summed E-state index contributed by atoms with van der Waals surface area (Å²) < 4.78 is 18.4. The van der Waals surface area contributed by atoms with Crippen LogP contribution in [0, 0.1) is 11.8 Å². The van der Waals surface area contributed by atoms with Gasteiger partial charge in [-0.15, -0.1) is 0 Å². The van der Waals surface area contributed by atoms with Gasteiger partial charge in [0.05, 0.1) is 18.9 Å².